The van der Waals surface area contributed by atoms with Crippen molar-refractivity contribution in [3.05, 3.63) is 23.8 Å². The summed E-state index contributed by atoms with van der Waals surface area (Å²) >= 11 is 0. The molecule has 0 radical (unpaired) electrons. The lowest BCUT2D eigenvalue weighted by Crippen LogP contribution is -2.08. The number of ether oxygens (including phenoxy) is 3. The molecule has 0 heterocycles. The first-order valence-electron chi connectivity index (χ1n) is 5.84. The molecular formula is C13H20ClNO3. The van der Waals surface area contributed by atoms with Gasteiger partial charge in [0.1, 0.15) is 11.5 Å². The minimum Gasteiger partial charge on any atom is -0.494 e. The monoisotopic (exact) mass is 273 g/mol. The van der Waals surface area contributed by atoms with Crippen LogP contribution in [0.4, 0.5) is 0 Å². The van der Waals surface area contributed by atoms with Gasteiger partial charge in [0.05, 0.1) is 25.4 Å². The minimum atomic E-state index is 0. The molecule has 0 atom stereocenters. The van der Waals surface area contributed by atoms with E-state index >= 15 is 0 Å². The summed E-state index contributed by atoms with van der Waals surface area (Å²) in [4.78, 5) is 0. The Labute approximate surface area is 114 Å². The van der Waals surface area contributed by atoms with Crippen molar-refractivity contribution in [2.45, 2.75) is 20.8 Å². The SMILES string of the molecule is CCOC(=N)c1ccc(OCC)cc1OCC.Cl. The zero-order valence-electron chi connectivity index (χ0n) is 11.0. The Morgan fingerprint density at radius 3 is 2.28 bits per heavy atom. The summed E-state index contributed by atoms with van der Waals surface area (Å²) in [5.41, 5.74) is 0.650. The summed E-state index contributed by atoms with van der Waals surface area (Å²) in [5.74, 6) is 1.49. The van der Waals surface area contributed by atoms with Crippen molar-refractivity contribution >= 4 is 18.3 Å². The molecule has 1 rings (SSSR count). The van der Waals surface area contributed by atoms with Crippen LogP contribution in [0.25, 0.3) is 0 Å². The van der Waals surface area contributed by atoms with Gasteiger partial charge in [0.25, 0.3) is 0 Å². The van der Waals surface area contributed by atoms with Crippen LogP contribution in [0, 0.1) is 5.41 Å². The third kappa shape index (κ3) is 4.45. The normalized spacial score (nSPS) is 9.28. The Balaban J connectivity index is 0.00000289. The molecule has 0 saturated heterocycles. The number of hydrogen-bond acceptors (Lipinski definition) is 4. The van der Waals surface area contributed by atoms with Crippen LogP contribution in [-0.4, -0.2) is 25.7 Å². The molecule has 102 valence electrons. The van der Waals surface area contributed by atoms with Crippen molar-refractivity contribution in [3.8, 4) is 11.5 Å². The zero-order chi connectivity index (χ0) is 12.7. The van der Waals surface area contributed by atoms with E-state index in [0.717, 1.165) is 5.75 Å². The van der Waals surface area contributed by atoms with E-state index in [1.54, 1.807) is 12.1 Å². The van der Waals surface area contributed by atoms with Gasteiger partial charge in [0.2, 0.25) is 5.90 Å². The fourth-order valence-electron chi connectivity index (χ4n) is 1.44. The fourth-order valence-corrected chi connectivity index (χ4v) is 1.44. The highest BCUT2D eigenvalue weighted by Gasteiger charge is 2.11. The Kier molecular flexibility index (Phi) is 7.96. The predicted octanol–water partition coefficient (Wildman–Crippen LogP) is 3.27. The first-order chi connectivity index (χ1) is 8.22. The van der Waals surface area contributed by atoms with E-state index < -0.39 is 0 Å². The molecule has 0 amide bonds. The first kappa shape index (κ1) is 16.6. The third-order valence-electron chi connectivity index (χ3n) is 2.10. The molecule has 18 heavy (non-hydrogen) atoms. The molecule has 1 aromatic carbocycles. The molecule has 0 bridgehead atoms. The second-order valence-corrected chi connectivity index (χ2v) is 3.29. The van der Waals surface area contributed by atoms with Crippen molar-refractivity contribution in [2.24, 2.45) is 0 Å². The molecule has 1 aromatic rings. The summed E-state index contributed by atoms with van der Waals surface area (Å²) in [6.45, 7) is 7.30. The van der Waals surface area contributed by atoms with Gasteiger partial charge in [-0.05, 0) is 32.9 Å². The number of nitrogens with one attached hydrogen (secondary N) is 1. The van der Waals surface area contributed by atoms with Crippen LogP contribution in [0.15, 0.2) is 18.2 Å². The molecule has 0 aromatic heterocycles. The average molecular weight is 274 g/mol. The minimum absolute atomic E-state index is 0. The van der Waals surface area contributed by atoms with E-state index in [1.165, 1.54) is 0 Å². The van der Waals surface area contributed by atoms with Gasteiger partial charge in [-0.2, -0.15) is 0 Å². The molecule has 0 aliphatic carbocycles. The molecule has 0 saturated carbocycles. The number of rotatable bonds is 6. The van der Waals surface area contributed by atoms with Crippen molar-refractivity contribution in [1.82, 2.24) is 0 Å². The van der Waals surface area contributed by atoms with Gasteiger partial charge in [-0.25, -0.2) is 0 Å². The van der Waals surface area contributed by atoms with Crippen LogP contribution < -0.4 is 9.47 Å². The summed E-state index contributed by atoms with van der Waals surface area (Å²) in [7, 11) is 0. The summed E-state index contributed by atoms with van der Waals surface area (Å²) in [6.07, 6.45) is 0. The topological polar surface area (TPSA) is 51.5 Å². The summed E-state index contributed by atoms with van der Waals surface area (Å²) in [6, 6.07) is 5.39. The zero-order valence-corrected chi connectivity index (χ0v) is 11.8. The maximum Gasteiger partial charge on any atom is 0.217 e. The molecule has 0 aliphatic rings. The number of benzene rings is 1. The number of halogens is 1. The largest absolute Gasteiger partial charge is 0.494 e. The van der Waals surface area contributed by atoms with Crippen molar-refractivity contribution in [1.29, 1.82) is 5.41 Å². The smallest absolute Gasteiger partial charge is 0.217 e. The van der Waals surface area contributed by atoms with Crippen LogP contribution in [0.2, 0.25) is 0 Å². The Bertz CT molecular complexity index is 382. The van der Waals surface area contributed by atoms with E-state index in [2.05, 4.69) is 0 Å². The molecule has 0 unspecified atom stereocenters. The summed E-state index contributed by atoms with van der Waals surface area (Å²) in [5, 5.41) is 7.78. The molecule has 5 heteroatoms. The van der Waals surface area contributed by atoms with Crippen LogP contribution in [0.1, 0.15) is 26.3 Å². The summed E-state index contributed by atoms with van der Waals surface area (Å²) < 4.78 is 16.1. The van der Waals surface area contributed by atoms with Gasteiger partial charge in [0, 0.05) is 6.07 Å². The van der Waals surface area contributed by atoms with Crippen LogP contribution in [0.5, 0.6) is 11.5 Å². The van der Waals surface area contributed by atoms with E-state index in [4.69, 9.17) is 19.6 Å². The molecule has 4 nitrogen and oxygen atoms in total. The van der Waals surface area contributed by atoms with Gasteiger partial charge >= 0.3 is 0 Å². The molecule has 1 N–H and O–H groups in total. The molecule has 0 aliphatic heterocycles. The highest BCUT2D eigenvalue weighted by Crippen LogP contribution is 2.25. The van der Waals surface area contributed by atoms with Gasteiger partial charge in [0.15, 0.2) is 0 Å². The highest BCUT2D eigenvalue weighted by molar-refractivity contribution is 5.94. The molecule has 0 fully saturated rings. The van der Waals surface area contributed by atoms with E-state index in [1.807, 2.05) is 26.8 Å². The fraction of sp³-hybridized carbons (Fsp3) is 0.462. The maximum absolute atomic E-state index is 7.78. The number of hydrogen-bond donors (Lipinski definition) is 1. The molecular weight excluding hydrogens is 254 g/mol. The average Bonchev–Trinajstić information content (AvgIpc) is 2.30. The van der Waals surface area contributed by atoms with Crippen molar-refractivity contribution < 1.29 is 14.2 Å². The van der Waals surface area contributed by atoms with Crippen molar-refractivity contribution in [2.75, 3.05) is 19.8 Å². The quantitative estimate of drug-likeness (QED) is 0.639. The Morgan fingerprint density at radius 2 is 1.72 bits per heavy atom. The Morgan fingerprint density at radius 1 is 1.06 bits per heavy atom. The second-order valence-electron chi connectivity index (χ2n) is 3.29. The van der Waals surface area contributed by atoms with Gasteiger partial charge in [-0.1, -0.05) is 0 Å². The van der Waals surface area contributed by atoms with Gasteiger partial charge in [-0.15, -0.1) is 12.4 Å². The highest BCUT2D eigenvalue weighted by atomic mass is 35.5. The standard InChI is InChI=1S/C13H19NO3.ClH/c1-4-15-10-7-8-11(13(14)17-6-3)12(9-10)16-5-2;/h7-9,14H,4-6H2,1-3H3;1H. The third-order valence-corrected chi connectivity index (χ3v) is 2.10. The van der Waals surface area contributed by atoms with Gasteiger partial charge < -0.3 is 14.2 Å². The van der Waals surface area contributed by atoms with E-state index in [0.29, 0.717) is 31.1 Å². The predicted molar refractivity (Wildman–Crippen MR) is 74.5 cm³/mol. The maximum atomic E-state index is 7.78. The van der Waals surface area contributed by atoms with E-state index in [9.17, 15) is 0 Å². The Hall–Kier alpha value is -1.42. The lowest BCUT2D eigenvalue weighted by Gasteiger charge is -2.13. The van der Waals surface area contributed by atoms with Crippen LogP contribution in [0.3, 0.4) is 0 Å². The van der Waals surface area contributed by atoms with E-state index in [-0.39, 0.29) is 18.3 Å². The van der Waals surface area contributed by atoms with Crippen molar-refractivity contribution in [3.63, 3.8) is 0 Å². The first-order valence-corrected chi connectivity index (χ1v) is 5.84. The van der Waals surface area contributed by atoms with Crippen LogP contribution >= 0.6 is 12.4 Å². The second kappa shape index (κ2) is 8.64. The lowest BCUT2D eigenvalue weighted by atomic mass is 10.2. The lowest BCUT2D eigenvalue weighted by molar-refractivity contribution is 0.311. The van der Waals surface area contributed by atoms with Gasteiger partial charge in [-0.3, -0.25) is 5.41 Å². The molecule has 0 spiro atoms. The van der Waals surface area contributed by atoms with Crippen LogP contribution in [-0.2, 0) is 4.74 Å².